The van der Waals surface area contributed by atoms with E-state index in [1.54, 1.807) is 16.8 Å². The third-order valence-corrected chi connectivity index (χ3v) is 3.28. The van der Waals surface area contributed by atoms with Gasteiger partial charge < -0.3 is 5.32 Å². The van der Waals surface area contributed by atoms with Crippen LogP contribution in [0.15, 0.2) is 18.3 Å². The molecule has 0 radical (unpaired) electrons. The van der Waals surface area contributed by atoms with Gasteiger partial charge in [-0.2, -0.15) is 5.10 Å². The minimum atomic E-state index is -0.174. The van der Waals surface area contributed by atoms with Crippen LogP contribution in [0.25, 0.3) is 0 Å². The zero-order chi connectivity index (χ0) is 14.0. The zero-order valence-corrected chi connectivity index (χ0v) is 11.8. The molecule has 5 nitrogen and oxygen atoms in total. The minimum Gasteiger partial charge on any atom is -0.348 e. The van der Waals surface area contributed by atoms with E-state index in [4.69, 9.17) is 11.6 Å². The Bertz CT molecular complexity index is 621. The van der Waals surface area contributed by atoms with Crippen LogP contribution in [0.3, 0.4) is 0 Å². The first-order valence-corrected chi connectivity index (χ1v) is 6.25. The summed E-state index contributed by atoms with van der Waals surface area (Å²) in [5.41, 5.74) is 3.51. The lowest BCUT2D eigenvalue weighted by atomic mass is 10.2. The highest BCUT2D eigenvalue weighted by Crippen LogP contribution is 2.12. The van der Waals surface area contributed by atoms with Gasteiger partial charge in [0.25, 0.3) is 5.91 Å². The summed E-state index contributed by atoms with van der Waals surface area (Å²) < 4.78 is 1.81. The number of pyridine rings is 1. The van der Waals surface area contributed by atoms with E-state index >= 15 is 0 Å². The molecule has 19 heavy (non-hydrogen) atoms. The number of nitrogens with one attached hydrogen (secondary N) is 1. The van der Waals surface area contributed by atoms with E-state index in [0.717, 1.165) is 17.0 Å². The third kappa shape index (κ3) is 2.93. The van der Waals surface area contributed by atoms with E-state index in [9.17, 15) is 4.79 Å². The van der Waals surface area contributed by atoms with E-state index < -0.39 is 0 Å². The van der Waals surface area contributed by atoms with E-state index in [-0.39, 0.29) is 5.91 Å². The second-order valence-corrected chi connectivity index (χ2v) is 4.71. The number of carbonyl (C=O) groups excluding carboxylic acids is 1. The van der Waals surface area contributed by atoms with E-state index in [1.807, 2.05) is 20.9 Å². The molecule has 2 heterocycles. The highest BCUT2D eigenvalue weighted by Gasteiger charge is 2.11. The lowest BCUT2D eigenvalue weighted by molar-refractivity contribution is 0.0950. The molecule has 0 aliphatic heterocycles. The van der Waals surface area contributed by atoms with Gasteiger partial charge in [-0.1, -0.05) is 11.6 Å². The van der Waals surface area contributed by atoms with Crippen molar-refractivity contribution in [2.24, 2.45) is 7.05 Å². The molecule has 2 aromatic heterocycles. The number of aromatic nitrogens is 3. The molecule has 0 saturated carbocycles. The SMILES string of the molecule is Cc1nn(C)c(C)c1CNC(=O)c1ccnc(Cl)c1. The lowest BCUT2D eigenvalue weighted by Crippen LogP contribution is -2.23. The first-order valence-electron chi connectivity index (χ1n) is 5.88. The molecular weight excluding hydrogens is 264 g/mol. The van der Waals surface area contributed by atoms with Crippen LogP contribution < -0.4 is 5.32 Å². The molecule has 0 aliphatic carbocycles. The fourth-order valence-electron chi connectivity index (χ4n) is 1.89. The predicted molar refractivity (Wildman–Crippen MR) is 73.1 cm³/mol. The van der Waals surface area contributed by atoms with Gasteiger partial charge in [-0.15, -0.1) is 0 Å². The highest BCUT2D eigenvalue weighted by atomic mass is 35.5. The monoisotopic (exact) mass is 278 g/mol. The number of hydrogen-bond acceptors (Lipinski definition) is 3. The van der Waals surface area contributed by atoms with Crippen LogP contribution in [0.5, 0.6) is 0 Å². The zero-order valence-electron chi connectivity index (χ0n) is 11.1. The summed E-state index contributed by atoms with van der Waals surface area (Å²) in [5.74, 6) is -0.174. The number of amides is 1. The smallest absolute Gasteiger partial charge is 0.251 e. The van der Waals surface area contributed by atoms with Crippen molar-refractivity contribution < 1.29 is 4.79 Å². The summed E-state index contributed by atoms with van der Waals surface area (Å²) in [6, 6.07) is 3.17. The Hall–Kier alpha value is -1.88. The first kappa shape index (κ1) is 13.5. The number of aryl methyl sites for hydroxylation is 2. The number of nitrogens with zero attached hydrogens (tertiary/aromatic N) is 3. The summed E-state index contributed by atoms with van der Waals surface area (Å²) in [6.07, 6.45) is 1.51. The molecule has 100 valence electrons. The molecule has 1 amide bonds. The maximum Gasteiger partial charge on any atom is 0.251 e. The fraction of sp³-hybridized carbons (Fsp3) is 0.308. The Labute approximate surface area is 116 Å². The Balaban J connectivity index is 2.09. The predicted octanol–water partition coefficient (Wildman–Crippen LogP) is 2.02. The van der Waals surface area contributed by atoms with Crippen molar-refractivity contribution in [3.05, 3.63) is 46.0 Å². The van der Waals surface area contributed by atoms with Crippen molar-refractivity contribution in [1.82, 2.24) is 20.1 Å². The maximum absolute atomic E-state index is 12.0. The van der Waals surface area contributed by atoms with Crippen molar-refractivity contribution >= 4 is 17.5 Å². The Kier molecular flexibility index (Phi) is 3.85. The normalized spacial score (nSPS) is 10.5. The standard InChI is InChI=1S/C13H15ClN4O/c1-8-11(9(2)18(3)17-8)7-16-13(19)10-4-5-15-12(14)6-10/h4-6H,7H2,1-3H3,(H,16,19). The summed E-state index contributed by atoms with van der Waals surface area (Å²) in [4.78, 5) is 15.8. The molecule has 0 atom stereocenters. The van der Waals surface area contributed by atoms with Crippen LogP contribution in [-0.4, -0.2) is 20.7 Å². The van der Waals surface area contributed by atoms with Gasteiger partial charge in [0.1, 0.15) is 5.15 Å². The van der Waals surface area contributed by atoms with Gasteiger partial charge >= 0.3 is 0 Å². The van der Waals surface area contributed by atoms with Crippen molar-refractivity contribution in [2.45, 2.75) is 20.4 Å². The second kappa shape index (κ2) is 5.40. The molecule has 2 aromatic rings. The molecule has 6 heteroatoms. The van der Waals surface area contributed by atoms with Crippen molar-refractivity contribution in [2.75, 3.05) is 0 Å². The molecule has 0 fully saturated rings. The number of hydrogen-bond donors (Lipinski definition) is 1. The number of halogens is 1. The number of rotatable bonds is 3. The van der Waals surface area contributed by atoms with Gasteiger partial charge in [0.2, 0.25) is 0 Å². The van der Waals surface area contributed by atoms with Gasteiger partial charge in [-0.05, 0) is 26.0 Å². The average molecular weight is 279 g/mol. The van der Waals surface area contributed by atoms with Crippen LogP contribution in [0, 0.1) is 13.8 Å². The fourth-order valence-corrected chi connectivity index (χ4v) is 2.06. The summed E-state index contributed by atoms with van der Waals surface area (Å²) in [7, 11) is 1.89. The Morgan fingerprint density at radius 3 is 2.79 bits per heavy atom. The molecule has 0 spiro atoms. The van der Waals surface area contributed by atoms with Gasteiger partial charge in [-0.25, -0.2) is 4.98 Å². The molecular formula is C13H15ClN4O. The molecule has 0 aromatic carbocycles. The van der Waals surface area contributed by atoms with Crippen LogP contribution in [-0.2, 0) is 13.6 Å². The quantitative estimate of drug-likeness (QED) is 0.874. The Morgan fingerprint density at radius 1 is 1.47 bits per heavy atom. The van der Waals surface area contributed by atoms with Crippen molar-refractivity contribution in [3.8, 4) is 0 Å². The van der Waals surface area contributed by atoms with Crippen LogP contribution >= 0.6 is 11.6 Å². The van der Waals surface area contributed by atoms with Gasteiger partial charge in [0.15, 0.2) is 0 Å². The highest BCUT2D eigenvalue weighted by molar-refractivity contribution is 6.29. The van der Waals surface area contributed by atoms with Crippen LogP contribution in [0.4, 0.5) is 0 Å². The second-order valence-electron chi connectivity index (χ2n) is 4.32. The van der Waals surface area contributed by atoms with Crippen LogP contribution in [0.2, 0.25) is 5.15 Å². The summed E-state index contributed by atoms with van der Waals surface area (Å²) in [5, 5.41) is 7.48. The van der Waals surface area contributed by atoms with Gasteiger partial charge in [0, 0.05) is 36.6 Å². The molecule has 0 bridgehead atoms. The number of carbonyl (C=O) groups is 1. The molecule has 0 aliphatic rings. The van der Waals surface area contributed by atoms with E-state index in [1.165, 1.54) is 6.20 Å². The van der Waals surface area contributed by atoms with E-state index in [2.05, 4.69) is 15.4 Å². The maximum atomic E-state index is 12.0. The van der Waals surface area contributed by atoms with Crippen molar-refractivity contribution in [3.63, 3.8) is 0 Å². The topological polar surface area (TPSA) is 59.8 Å². The summed E-state index contributed by atoms with van der Waals surface area (Å²) in [6.45, 7) is 4.35. The van der Waals surface area contributed by atoms with Crippen LogP contribution in [0.1, 0.15) is 27.3 Å². The molecule has 0 unspecified atom stereocenters. The molecule has 0 saturated heterocycles. The van der Waals surface area contributed by atoms with Gasteiger partial charge in [-0.3, -0.25) is 9.48 Å². The molecule has 2 rings (SSSR count). The van der Waals surface area contributed by atoms with Crippen molar-refractivity contribution in [1.29, 1.82) is 0 Å². The van der Waals surface area contributed by atoms with E-state index in [0.29, 0.717) is 17.3 Å². The lowest BCUT2D eigenvalue weighted by Gasteiger charge is -2.06. The average Bonchev–Trinajstić information content (AvgIpc) is 2.61. The van der Waals surface area contributed by atoms with Gasteiger partial charge in [0.05, 0.1) is 5.69 Å². The molecule has 1 N–H and O–H groups in total. The first-order chi connectivity index (χ1) is 8.99. The Morgan fingerprint density at radius 2 is 2.21 bits per heavy atom. The third-order valence-electron chi connectivity index (χ3n) is 3.07. The summed E-state index contributed by atoms with van der Waals surface area (Å²) >= 11 is 5.76. The minimum absolute atomic E-state index is 0.174. The largest absolute Gasteiger partial charge is 0.348 e.